The van der Waals surface area contributed by atoms with Gasteiger partial charge in [-0.05, 0) is 0 Å². The molecule has 0 spiro atoms. The van der Waals surface area contributed by atoms with Crippen molar-refractivity contribution in [3.05, 3.63) is 65.8 Å². The Bertz CT molecular complexity index is 492. The SMILES string of the molecule is Cc1ccc(C)c([I-]c2cc(C)ccc2C)c1. The number of benzene rings is 2. The summed E-state index contributed by atoms with van der Waals surface area (Å²) >= 11 is -0.0483. The Labute approximate surface area is 114 Å². The second kappa shape index (κ2) is 5.21. The third-order valence-electron chi connectivity index (χ3n) is 2.86. The summed E-state index contributed by atoms with van der Waals surface area (Å²) < 4.78 is 3.11. The molecule has 0 radical (unpaired) electrons. The van der Waals surface area contributed by atoms with Gasteiger partial charge in [-0.25, -0.2) is 0 Å². The van der Waals surface area contributed by atoms with E-state index in [-0.39, 0.29) is 21.2 Å². The Morgan fingerprint density at radius 1 is 0.647 bits per heavy atom. The van der Waals surface area contributed by atoms with Gasteiger partial charge < -0.3 is 0 Å². The van der Waals surface area contributed by atoms with Gasteiger partial charge in [-0.2, -0.15) is 0 Å². The van der Waals surface area contributed by atoms with E-state index in [2.05, 4.69) is 64.1 Å². The Balaban J connectivity index is 2.37. The van der Waals surface area contributed by atoms with E-state index in [1.54, 1.807) is 7.14 Å². The fourth-order valence-electron chi connectivity index (χ4n) is 1.71. The van der Waals surface area contributed by atoms with Gasteiger partial charge in [0.05, 0.1) is 0 Å². The summed E-state index contributed by atoms with van der Waals surface area (Å²) in [6.07, 6.45) is 0. The maximum absolute atomic E-state index is 2.35. The average Bonchev–Trinajstić information content (AvgIpc) is 2.28. The van der Waals surface area contributed by atoms with Crippen LogP contribution in [-0.4, -0.2) is 0 Å². The van der Waals surface area contributed by atoms with Crippen LogP contribution in [0.3, 0.4) is 0 Å². The Kier molecular flexibility index (Phi) is 3.87. The number of rotatable bonds is 2. The van der Waals surface area contributed by atoms with Gasteiger partial charge in [-0.3, -0.25) is 0 Å². The van der Waals surface area contributed by atoms with Crippen LogP contribution in [0.25, 0.3) is 0 Å². The van der Waals surface area contributed by atoms with E-state index >= 15 is 0 Å². The van der Waals surface area contributed by atoms with Gasteiger partial charge in [0.25, 0.3) is 0 Å². The molecule has 0 saturated heterocycles. The van der Waals surface area contributed by atoms with Crippen LogP contribution in [0.2, 0.25) is 0 Å². The molecule has 0 N–H and O–H groups in total. The molecule has 2 aromatic rings. The molecule has 2 rings (SSSR count). The zero-order chi connectivity index (χ0) is 12.4. The molecule has 0 aliphatic carbocycles. The molecule has 0 atom stereocenters. The van der Waals surface area contributed by atoms with Gasteiger partial charge >= 0.3 is 115 Å². The number of hydrogen-bond acceptors (Lipinski definition) is 0. The molecular weight excluding hydrogens is 319 g/mol. The molecule has 0 aliphatic rings. The Hall–Kier alpha value is -0.830. The van der Waals surface area contributed by atoms with E-state index in [1.807, 2.05) is 0 Å². The molecule has 0 aliphatic heterocycles. The molecule has 1 heteroatoms. The number of hydrogen-bond donors (Lipinski definition) is 0. The third-order valence-corrected chi connectivity index (χ3v) is 6.34. The van der Waals surface area contributed by atoms with Crippen molar-refractivity contribution >= 4 is 0 Å². The molecule has 0 bridgehead atoms. The van der Waals surface area contributed by atoms with Crippen LogP contribution in [0.15, 0.2) is 36.4 Å². The molecule has 0 aromatic heterocycles. The summed E-state index contributed by atoms with van der Waals surface area (Å²) in [5.41, 5.74) is 5.61. The number of halogens is 1. The van der Waals surface area contributed by atoms with Gasteiger partial charge in [0.1, 0.15) is 0 Å². The van der Waals surface area contributed by atoms with Crippen LogP contribution in [0.5, 0.6) is 0 Å². The predicted molar refractivity (Wildman–Crippen MR) is 69.2 cm³/mol. The van der Waals surface area contributed by atoms with Crippen LogP contribution in [0, 0.1) is 34.8 Å². The molecule has 0 unspecified atom stereocenters. The van der Waals surface area contributed by atoms with E-state index < -0.39 is 0 Å². The molecule has 90 valence electrons. The van der Waals surface area contributed by atoms with E-state index in [9.17, 15) is 0 Å². The van der Waals surface area contributed by atoms with E-state index in [4.69, 9.17) is 0 Å². The molecule has 0 fully saturated rings. The number of aryl methyl sites for hydroxylation is 4. The fourth-order valence-corrected chi connectivity index (χ4v) is 4.84. The van der Waals surface area contributed by atoms with Crippen LogP contribution in [0.4, 0.5) is 0 Å². The van der Waals surface area contributed by atoms with Crippen LogP contribution in [0.1, 0.15) is 22.3 Å². The van der Waals surface area contributed by atoms with Crippen LogP contribution in [-0.2, 0) is 0 Å². The van der Waals surface area contributed by atoms with Crippen molar-refractivity contribution in [2.24, 2.45) is 0 Å². The molecule has 2 aromatic carbocycles. The minimum atomic E-state index is -0.0483. The van der Waals surface area contributed by atoms with Crippen molar-refractivity contribution in [3.63, 3.8) is 0 Å². The molecular formula is C16H18I-. The Morgan fingerprint density at radius 2 is 1.06 bits per heavy atom. The summed E-state index contributed by atoms with van der Waals surface area (Å²) in [5, 5.41) is 0. The van der Waals surface area contributed by atoms with E-state index in [0.29, 0.717) is 0 Å². The van der Waals surface area contributed by atoms with Crippen LogP contribution < -0.4 is 21.2 Å². The Morgan fingerprint density at radius 3 is 1.47 bits per heavy atom. The van der Waals surface area contributed by atoms with Gasteiger partial charge in [0, 0.05) is 0 Å². The zero-order valence-corrected chi connectivity index (χ0v) is 13.0. The summed E-state index contributed by atoms with van der Waals surface area (Å²) in [5.74, 6) is 0. The van der Waals surface area contributed by atoms with Crippen molar-refractivity contribution in [3.8, 4) is 0 Å². The summed E-state index contributed by atoms with van der Waals surface area (Å²) in [4.78, 5) is 0. The van der Waals surface area contributed by atoms with Gasteiger partial charge in [-0.1, -0.05) is 0 Å². The average molecular weight is 337 g/mol. The van der Waals surface area contributed by atoms with Crippen molar-refractivity contribution in [1.82, 2.24) is 0 Å². The first-order valence-electron chi connectivity index (χ1n) is 5.85. The molecule has 17 heavy (non-hydrogen) atoms. The first kappa shape index (κ1) is 12.6. The molecule has 0 heterocycles. The topological polar surface area (TPSA) is 0 Å². The predicted octanol–water partition coefficient (Wildman–Crippen LogP) is 1.05. The van der Waals surface area contributed by atoms with Crippen molar-refractivity contribution in [1.29, 1.82) is 0 Å². The second-order valence-electron chi connectivity index (χ2n) is 4.60. The minimum absolute atomic E-state index is 0.0483. The van der Waals surface area contributed by atoms with Gasteiger partial charge in [0.2, 0.25) is 0 Å². The molecule has 0 saturated carbocycles. The maximum atomic E-state index is 2.35. The first-order chi connectivity index (χ1) is 8.06. The van der Waals surface area contributed by atoms with Crippen molar-refractivity contribution < 1.29 is 21.2 Å². The summed E-state index contributed by atoms with van der Waals surface area (Å²) in [7, 11) is 0. The summed E-state index contributed by atoms with van der Waals surface area (Å²) in [6.45, 7) is 8.80. The molecule has 0 amide bonds. The first-order valence-corrected chi connectivity index (χ1v) is 8.01. The van der Waals surface area contributed by atoms with Crippen LogP contribution >= 0.6 is 0 Å². The third kappa shape index (κ3) is 3.09. The second-order valence-corrected chi connectivity index (χ2v) is 7.46. The van der Waals surface area contributed by atoms with E-state index in [0.717, 1.165) is 0 Å². The monoisotopic (exact) mass is 337 g/mol. The zero-order valence-electron chi connectivity index (χ0n) is 10.8. The standard InChI is InChI=1S/C16H18I/c1-11-5-7-13(3)15(9-11)17-16-10-12(2)6-8-14(16)4/h5-10H,1-4H3/q-1. The van der Waals surface area contributed by atoms with Gasteiger partial charge in [-0.15, -0.1) is 0 Å². The normalized spacial score (nSPS) is 10.8. The van der Waals surface area contributed by atoms with Crippen molar-refractivity contribution in [2.45, 2.75) is 27.7 Å². The quantitative estimate of drug-likeness (QED) is 0.719. The summed E-state index contributed by atoms with van der Waals surface area (Å²) in [6, 6.07) is 13.6. The molecule has 0 nitrogen and oxygen atoms in total. The fraction of sp³-hybridized carbons (Fsp3) is 0.250. The van der Waals surface area contributed by atoms with Gasteiger partial charge in [0.15, 0.2) is 0 Å². The van der Waals surface area contributed by atoms with E-state index in [1.165, 1.54) is 22.3 Å². The van der Waals surface area contributed by atoms with Crippen molar-refractivity contribution in [2.75, 3.05) is 0 Å².